The predicted molar refractivity (Wildman–Crippen MR) is 101 cm³/mol. The highest BCUT2D eigenvalue weighted by Gasteiger charge is 2.50. The lowest BCUT2D eigenvalue weighted by atomic mass is 10.0. The first kappa shape index (κ1) is 21.5. The van der Waals surface area contributed by atoms with E-state index in [0.29, 0.717) is 18.7 Å². The molecule has 4 atom stereocenters. The zero-order chi connectivity index (χ0) is 22.0. The molecule has 11 heteroatoms. The maximum Gasteiger partial charge on any atom is 0.303 e. The minimum absolute atomic E-state index is 0.0881. The smallest absolute Gasteiger partial charge is 0.303 e. The molecule has 0 bridgehead atoms. The molecule has 0 aliphatic carbocycles. The molecule has 11 nitrogen and oxygen atoms in total. The van der Waals surface area contributed by atoms with Gasteiger partial charge in [-0.05, 0) is 12.0 Å². The molecule has 3 rings (SSSR count). The fourth-order valence-electron chi connectivity index (χ4n) is 3.76. The van der Waals surface area contributed by atoms with Crippen LogP contribution in [0.1, 0.15) is 26.3 Å². The molecule has 2 aliphatic rings. The SMILES string of the molecule is CC(=O)O[C@@H]1[C@@H](OC(C)=O)[C@H](N2CCc3ccc([N+](=O)[O-])cc32)OC[C@@H]1OC(C)=O. The van der Waals surface area contributed by atoms with Gasteiger partial charge >= 0.3 is 17.9 Å². The van der Waals surface area contributed by atoms with Crippen LogP contribution in [-0.2, 0) is 39.8 Å². The second-order valence-corrected chi connectivity index (χ2v) is 7.03. The minimum Gasteiger partial charge on any atom is -0.456 e. The highest BCUT2D eigenvalue weighted by atomic mass is 16.6. The van der Waals surface area contributed by atoms with E-state index >= 15 is 0 Å². The molecule has 0 N–H and O–H groups in total. The first-order valence-electron chi connectivity index (χ1n) is 9.34. The van der Waals surface area contributed by atoms with Crippen molar-refractivity contribution in [2.24, 2.45) is 0 Å². The van der Waals surface area contributed by atoms with Crippen LogP contribution >= 0.6 is 0 Å². The number of hydrogen-bond acceptors (Lipinski definition) is 10. The van der Waals surface area contributed by atoms with Crippen molar-refractivity contribution in [1.82, 2.24) is 0 Å². The summed E-state index contributed by atoms with van der Waals surface area (Å²) in [5.74, 6) is -1.90. The number of nitro groups is 1. The standard InChI is InChI=1S/C19H22N2O9/c1-10(22)28-16-9-27-19(18(30-12(3)24)17(16)29-11(2)23)20-7-6-13-4-5-14(21(25)26)8-15(13)20/h4-5,8,16-19H,6-7,9H2,1-3H3/t16-,17-,18+,19+/m0/s1. The molecule has 1 saturated heterocycles. The second kappa shape index (κ2) is 8.66. The number of benzene rings is 1. The molecule has 30 heavy (non-hydrogen) atoms. The van der Waals surface area contributed by atoms with Crippen LogP contribution in [0.2, 0.25) is 0 Å². The van der Waals surface area contributed by atoms with Gasteiger partial charge in [0, 0.05) is 45.1 Å². The van der Waals surface area contributed by atoms with Gasteiger partial charge in [-0.1, -0.05) is 6.07 Å². The van der Waals surface area contributed by atoms with Crippen LogP contribution in [0.25, 0.3) is 0 Å². The molecule has 2 aliphatic heterocycles. The van der Waals surface area contributed by atoms with E-state index in [1.807, 2.05) is 0 Å². The Morgan fingerprint density at radius 3 is 2.30 bits per heavy atom. The molecule has 0 radical (unpaired) electrons. The fourth-order valence-corrected chi connectivity index (χ4v) is 3.76. The predicted octanol–water partition coefficient (Wildman–Crippen LogP) is 1.11. The molecule has 1 aromatic rings. The Hall–Kier alpha value is -3.21. The average molecular weight is 422 g/mol. The second-order valence-electron chi connectivity index (χ2n) is 7.03. The molecular formula is C19H22N2O9. The number of hydrogen-bond donors (Lipinski definition) is 0. The number of rotatable bonds is 5. The van der Waals surface area contributed by atoms with Crippen molar-refractivity contribution in [3.63, 3.8) is 0 Å². The van der Waals surface area contributed by atoms with Crippen LogP contribution in [0.5, 0.6) is 0 Å². The minimum atomic E-state index is -1.12. The van der Waals surface area contributed by atoms with Gasteiger partial charge in [0.1, 0.15) is 0 Å². The number of non-ortho nitro benzene ring substituents is 1. The lowest BCUT2D eigenvalue weighted by molar-refractivity contribution is -0.384. The quantitative estimate of drug-likeness (QED) is 0.294. The number of nitrogens with zero attached hydrogens (tertiary/aromatic N) is 2. The van der Waals surface area contributed by atoms with Crippen molar-refractivity contribution in [3.05, 3.63) is 33.9 Å². The largest absolute Gasteiger partial charge is 0.456 e. The first-order chi connectivity index (χ1) is 14.2. The van der Waals surface area contributed by atoms with E-state index in [1.54, 1.807) is 11.0 Å². The van der Waals surface area contributed by atoms with E-state index in [9.17, 15) is 24.5 Å². The maximum absolute atomic E-state index is 11.8. The third-order valence-corrected chi connectivity index (χ3v) is 4.84. The van der Waals surface area contributed by atoms with Gasteiger partial charge in [-0.3, -0.25) is 24.5 Å². The molecular weight excluding hydrogens is 400 g/mol. The molecule has 0 aromatic heterocycles. The molecule has 0 unspecified atom stereocenters. The number of nitro benzene ring substituents is 1. The fraction of sp³-hybridized carbons (Fsp3) is 0.526. The molecule has 2 heterocycles. The average Bonchev–Trinajstić information content (AvgIpc) is 3.06. The van der Waals surface area contributed by atoms with Gasteiger partial charge in [0.25, 0.3) is 5.69 Å². The Morgan fingerprint density at radius 1 is 1.07 bits per heavy atom. The van der Waals surface area contributed by atoms with E-state index in [0.717, 1.165) is 5.56 Å². The highest BCUT2D eigenvalue weighted by Crippen LogP contribution is 2.37. The third-order valence-electron chi connectivity index (χ3n) is 4.84. The summed E-state index contributed by atoms with van der Waals surface area (Å²) in [5, 5.41) is 11.2. The monoisotopic (exact) mass is 422 g/mol. The van der Waals surface area contributed by atoms with E-state index in [4.69, 9.17) is 18.9 Å². The first-order valence-corrected chi connectivity index (χ1v) is 9.34. The van der Waals surface area contributed by atoms with Crippen LogP contribution in [-0.4, -0.2) is 60.5 Å². The summed E-state index contributed by atoms with van der Waals surface area (Å²) in [6.45, 7) is 3.92. The van der Waals surface area contributed by atoms with Gasteiger partial charge < -0.3 is 23.8 Å². The summed E-state index contributed by atoms with van der Waals surface area (Å²) in [7, 11) is 0. The van der Waals surface area contributed by atoms with Crippen LogP contribution in [0, 0.1) is 10.1 Å². The lowest BCUT2D eigenvalue weighted by Crippen LogP contribution is -2.62. The van der Waals surface area contributed by atoms with Crippen molar-refractivity contribution < 1.29 is 38.3 Å². The molecule has 0 amide bonds. The Labute approximate surface area is 172 Å². The molecule has 0 spiro atoms. The number of carbonyl (C=O) groups excluding carboxylic acids is 3. The zero-order valence-electron chi connectivity index (χ0n) is 16.7. The van der Waals surface area contributed by atoms with E-state index in [2.05, 4.69) is 0 Å². The summed E-state index contributed by atoms with van der Waals surface area (Å²) >= 11 is 0. The van der Waals surface area contributed by atoms with Crippen LogP contribution in [0.15, 0.2) is 18.2 Å². The summed E-state index contributed by atoms with van der Waals surface area (Å²) < 4.78 is 21.9. The summed E-state index contributed by atoms with van der Waals surface area (Å²) in [6, 6.07) is 4.52. The number of fused-ring (bicyclic) bond motifs is 1. The number of carbonyl (C=O) groups is 3. The van der Waals surface area contributed by atoms with Crippen molar-refractivity contribution in [2.45, 2.75) is 51.7 Å². The third kappa shape index (κ3) is 4.51. The number of esters is 3. The molecule has 1 aromatic carbocycles. The molecule has 0 saturated carbocycles. The molecule has 162 valence electrons. The lowest BCUT2D eigenvalue weighted by Gasteiger charge is -2.44. The Morgan fingerprint density at radius 2 is 1.70 bits per heavy atom. The van der Waals surface area contributed by atoms with Crippen molar-refractivity contribution in [2.75, 3.05) is 18.1 Å². The van der Waals surface area contributed by atoms with Gasteiger partial charge in [0.15, 0.2) is 24.5 Å². The topological polar surface area (TPSA) is 135 Å². The Balaban J connectivity index is 1.97. The van der Waals surface area contributed by atoms with E-state index in [-0.39, 0.29) is 12.3 Å². The number of anilines is 1. The van der Waals surface area contributed by atoms with Crippen molar-refractivity contribution in [3.8, 4) is 0 Å². The van der Waals surface area contributed by atoms with Gasteiger partial charge in [-0.15, -0.1) is 0 Å². The van der Waals surface area contributed by atoms with Gasteiger partial charge in [0.2, 0.25) is 0 Å². The zero-order valence-corrected chi connectivity index (χ0v) is 16.7. The highest BCUT2D eigenvalue weighted by molar-refractivity contribution is 5.69. The number of ether oxygens (including phenoxy) is 4. The summed E-state index contributed by atoms with van der Waals surface area (Å²) in [4.78, 5) is 47.4. The maximum atomic E-state index is 11.8. The normalized spacial score (nSPS) is 25.2. The van der Waals surface area contributed by atoms with Crippen LogP contribution in [0.3, 0.4) is 0 Å². The van der Waals surface area contributed by atoms with E-state index < -0.39 is 47.4 Å². The van der Waals surface area contributed by atoms with Gasteiger partial charge in [0.05, 0.1) is 11.5 Å². The Bertz CT molecular complexity index is 872. The van der Waals surface area contributed by atoms with E-state index in [1.165, 1.54) is 32.9 Å². The Kier molecular flexibility index (Phi) is 6.20. The van der Waals surface area contributed by atoms with Crippen molar-refractivity contribution >= 4 is 29.3 Å². The van der Waals surface area contributed by atoms with Gasteiger partial charge in [-0.25, -0.2) is 0 Å². The van der Waals surface area contributed by atoms with Crippen molar-refractivity contribution in [1.29, 1.82) is 0 Å². The molecule has 1 fully saturated rings. The van der Waals surface area contributed by atoms with Crippen LogP contribution < -0.4 is 4.90 Å². The van der Waals surface area contributed by atoms with Gasteiger partial charge in [-0.2, -0.15) is 0 Å². The summed E-state index contributed by atoms with van der Waals surface area (Å²) in [6.07, 6.45) is -3.48. The van der Waals surface area contributed by atoms with Crippen LogP contribution in [0.4, 0.5) is 11.4 Å². The summed E-state index contributed by atoms with van der Waals surface area (Å²) in [5.41, 5.74) is 1.35.